The number of piperidine rings is 1. The minimum atomic E-state index is -0.648. The van der Waals surface area contributed by atoms with Crippen molar-refractivity contribution in [3.63, 3.8) is 0 Å². The molecule has 3 aliphatic heterocycles. The molecule has 0 bridgehead atoms. The number of hydrogen-bond donors (Lipinski definition) is 3. The Morgan fingerprint density at radius 1 is 1.21 bits per heavy atom. The van der Waals surface area contributed by atoms with Gasteiger partial charge in [0.1, 0.15) is 11.3 Å². The van der Waals surface area contributed by atoms with Crippen molar-refractivity contribution in [2.75, 3.05) is 26.8 Å². The van der Waals surface area contributed by atoms with Crippen molar-refractivity contribution in [1.29, 1.82) is 0 Å². The van der Waals surface area contributed by atoms with Crippen LogP contribution in [-0.2, 0) is 14.4 Å². The van der Waals surface area contributed by atoms with Crippen LogP contribution in [0.1, 0.15) is 47.9 Å². The van der Waals surface area contributed by atoms with Gasteiger partial charge in [0.05, 0.1) is 12.7 Å². The molecule has 4 rings (SSSR count). The average Bonchev–Trinajstić information content (AvgIpc) is 3.23. The zero-order valence-corrected chi connectivity index (χ0v) is 17.7. The Kier molecular flexibility index (Phi) is 6.63. The first kappa shape index (κ1) is 21.8. The van der Waals surface area contributed by atoms with E-state index in [2.05, 4.69) is 17.4 Å². The van der Waals surface area contributed by atoms with Gasteiger partial charge in [0.15, 0.2) is 6.29 Å². The molecular formula is C22H32N2O5. The van der Waals surface area contributed by atoms with Crippen LogP contribution in [0.3, 0.4) is 0 Å². The third kappa shape index (κ3) is 4.48. The Morgan fingerprint density at radius 3 is 2.28 bits per heavy atom. The summed E-state index contributed by atoms with van der Waals surface area (Å²) >= 11 is 0. The SMILES string of the molecule is CON1CCC2(CC1)NC(=O)C(c1c(C)cc(C)cc1C)=C2O.OC1CCCO1. The van der Waals surface area contributed by atoms with E-state index < -0.39 is 11.8 Å². The molecule has 7 heteroatoms. The summed E-state index contributed by atoms with van der Waals surface area (Å²) in [6.07, 6.45) is 2.67. The summed E-state index contributed by atoms with van der Waals surface area (Å²) in [5.41, 5.74) is 3.84. The lowest BCUT2D eigenvalue weighted by molar-refractivity contribution is -0.152. The Hall–Kier alpha value is -1.93. The summed E-state index contributed by atoms with van der Waals surface area (Å²) in [4.78, 5) is 17.9. The second-order valence-electron chi connectivity index (χ2n) is 8.11. The Bertz CT molecular complexity index is 767. The maximum Gasteiger partial charge on any atom is 0.256 e. The lowest BCUT2D eigenvalue weighted by atomic mass is 9.85. The summed E-state index contributed by atoms with van der Waals surface area (Å²) in [7, 11) is 1.64. The van der Waals surface area contributed by atoms with Crippen LogP contribution in [0.25, 0.3) is 5.57 Å². The predicted octanol–water partition coefficient (Wildman–Crippen LogP) is 2.52. The molecule has 1 aromatic rings. The third-order valence-corrected chi connectivity index (χ3v) is 5.94. The number of hydroxylamine groups is 2. The number of nitrogens with zero attached hydrogens (tertiary/aromatic N) is 1. The van der Waals surface area contributed by atoms with Crippen molar-refractivity contribution in [3.05, 3.63) is 40.1 Å². The molecule has 7 nitrogen and oxygen atoms in total. The van der Waals surface area contributed by atoms with E-state index in [0.29, 0.717) is 31.5 Å². The standard InChI is InChI=1S/C18H24N2O3.C4H8O2/c1-11-9-12(2)14(13(3)10-11)15-16(21)18(19-17(15)22)5-7-20(23-4)8-6-18;5-4-2-1-3-6-4/h9-10,21H,5-8H2,1-4H3,(H,19,22);4-5H,1-3H2. The number of aryl methyl sites for hydroxylation is 3. The molecular weight excluding hydrogens is 372 g/mol. The van der Waals surface area contributed by atoms with Crippen LogP contribution >= 0.6 is 0 Å². The molecule has 1 atom stereocenters. The molecule has 2 saturated heterocycles. The summed E-state index contributed by atoms with van der Waals surface area (Å²) in [5, 5.41) is 24.3. The van der Waals surface area contributed by atoms with E-state index in [1.807, 2.05) is 25.8 Å². The first-order valence-electron chi connectivity index (χ1n) is 10.2. The van der Waals surface area contributed by atoms with E-state index in [4.69, 9.17) is 14.7 Å². The van der Waals surface area contributed by atoms with E-state index in [0.717, 1.165) is 41.7 Å². The number of carbonyl (C=O) groups excluding carboxylic acids is 1. The molecule has 0 aliphatic carbocycles. The first-order chi connectivity index (χ1) is 13.8. The van der Waals surface area contributed by atoms with Crippen LogP contribution in [0.15, 0.2) is 17.9 Å². The lowest BCUT2D eigenvalue weighted by Crippen LogP contribution is -2.52. The highest BCUT2D eigenvalue weighted by atomic mass is 16.7. The molecule has 1 amide bonds. The van der Waals surface area contributed by atoms with Gasteiger partial charge in [-0.05, 0) is 56.7 Å². The summed E-state index contributed by atoms with van der Waals surface area (Å²) in [6.45, 7) is 8.11. The fourth-order valence-corrected chi connectivity index (χ4v) is 4.47. The molecule has 3 N–H and O–H groups in total. The molecule has 1 spiro atoms. The van der Waals surface area contributed by atoms with Gasteiger partial charge in [-0.2, -0.15) is 5.06 Å². The third-order valence-electron chi connectivity index (χ3n) is 5.94. The highest BCUT2D eigenvalue weighted by Gasteiger charge is 2.48. The van der Waals surface area contributed by atoms with Gasteiger partial charge in [0.2, 0.25) is 0 Å². The van der Waals surface area contributed by atoms with E-state index >= 15 is 0 Å². The summed E-state index contributed by atoms with van der Waals surface area (Å²) < 4.78 is 4.71. The number of aliphatic hydroxyl groups is 2. The van der Waals surface area contributed by atoms with Crippen LogP contribution in [0, 0.1) is 20.8 Å². The highest BCUT2D eigenvalue weighted by molar-refractivity contribution is 6.24. The van der Waals surface area contributed by atoms with Crippen LogP contribution in [0.5, 0.6) is 0 Å². The Labute approximate surface area is 172 Å². The molecule has 1 aromatic carbocycles. The second kappa shape index (κ2) is 8.83. The van der Waals surface area contributed by atoms with Crippen molar-refractivity contribution in [1.82, 2.24) is 10.4 Å². The fraction of sp³-hybridized carbons (Fsp3) is 0.591. The van der Waals surface area contributed by atoms with Gasteiger partial charge in [0.25, 0.3) is 5.91 Å². The van der Waals surface area contributed by atoms with Crippen LogP contribution in [-0.4, -0.2) is 59.8 Å². The van der Waals surface area contributed by atoms with Crippen molar-refractivity contribution in [2.45, 2.75) is 58.3 Å². The maximum atomic E-state index is 12.6. The summed E-state index contributed by atoms with van der Waals surface area (Å²) in [5.74, 6) is 0.0109. The van der Waals surface area contributed by atoms with Crippen molar-refractivity contribution in [2.24, 2.45) is 0 Å². The highest BCUT2D eigenvalue weighted by Crippen LogP contribution is 2.40. The van der Waals surface area contributed by atoms with Crippen molar-refractivity contribution >= 4 is 11.5 Å². The first-order valence-corrected chi connectivity index (χ1v) is 10.2. The number of hydrogen-bond acceptors (Lipinski definition) is 6. The number of carbonyl (C=O) groups is 1. The van der Waals surface area contributed by atoms with Gasteiger partial charge < -0.3 is 25.1 Å². The van der Waals surface area contributed by atoms with Crippen LogP contribution in [0.2, 0.25) is 0 Å². The van der Waals surface area contributed by atoms with Gasteiger partial charge in [-0.3, -0.25) is 4.79 Å². The number of nitrogens with one attached hydrogen (secondary N) is 1. The Morgan fingerprint density at radius 2 is 1.83 bits per heavy atom. The minimum Gasteiger partial charge on any atom is -0.509 e. The minimum absolute atomic E-state index is 0.177. The number of ether oxygens (including phenoxy) is 1. The molecule has 0 saturated carbocycles. The van der Waals surface area contributed by atoms with Crippen LogP contribution < -0.4 is 5.32 Å². The van der Waals surface area contributed by atoms with Gasteiger partial charge >= 0.3 is 0 Å². The van der Waals surface area contributed by atoms with E-state index in [1.165, 1.54) is 0 Å². The maximum absolute atomic E-state index is 12.6. The fourth-order valence-electron chi connectivity index (χ4n) is 4.47. The number of amides is 1. The second-order valence-corrected chi connectivity index (χ2v) is 8.11. The van der Waals surface area contributed by atoms with E-state index in [1.54, 1.807) is 7.11 Å². The topological polar surface area (TPSA) is 91.3 Å². The number of benzene rings is 1. The number of aliphatic hydroxyl groups excluding tert-OH is 2. The molecule has 0 aromatic heterocycles. The van der Waals surface area contributed by atoms with Gasteiger partial charge in [-0.15, -0.1) is 0 Å². The van der Waals surface area contributed by atoms with Crippen LogP contribution in [0.4, 0.5) is 0 Å². The Balaban J connectivity index is 0.000000343. The van der Waals surface area contributed by atoms with Crippen molar-refractivity contribution < 1.29 is 24.6 Å². The smallest absolute Gasteiger partial charge is 0.256 e. The zero-order valence-electron chi connectivity index (χ0n) is 17.7. The molecule has 29 heavy (non-hydrogen) atoms. The zero-order chi connectivity index (χ0) is 21.2. The van der Waals surface area contributed by atoms with Gasteiger partial charge in [0, 0.05) is 26.1 Å². The molecule has 2 fully saturated rings. The number of rotatable bonds is 2. The van der Waals surface area contributed by atoms with E-state index in [-0.39, 0.29) is 11.7 Å². The molecule has 3 aliphatic rings. The molecule has 3 heterocycles. The normalized spacial score (nSPS) is 23.9. The van der Waals surface area contributed by atoms with E-state index in [9.17, 15) is 9.90 Å². The summed E-state index contributed by atoms with van der Waals surface area (Å²) in [6, 6.07) is 4.10. The largest absolute Gasteiger partial charge is 0.509 e. The van der Waals surface area contributed by atoms with Gasteiger partial charge in [-0.1, -0.05) is 17.7 Å². The molecule has 0 radical (unpaired) electrons. The van der Waals surface area contributed by atoms with Crippen molar-refractivity contribution in [3.8, 4) is 0 Å². The monoisotopic (exact) mass is 404 g/mol. The average molecular weight is 405 g/mol. The lowest BCUT2D eigenvalue weighted by Gasteiger charge is -2.37. The predicted molar refractivity (Wildman–Crippen MR) is 110 cm³/mol. The quantitative estimate of drug-likeness (QED) is 0.702. The molecule has 160 valence electrons. The van der Waals surface area contributed by atoms with Gasteiger partial charge in [-0.25, -0.2) is 0 Å². The molecule has 1 unspecified atom stereocenters.